The standard InChI is InChI=1S/C15H28O2Si/c1-15(2,3)18(4,5)17-14-12-10-8-6-7-9-11-13-16-14/h7,9,12H,6,8,10-11,13H2,1-5H3/b9-7-,14-12+. The molecule has 0 bridgehead atoms. The summed E-state index contributed by atoms with van der Waals surface area (Å²) in [4.78, 5) is 0. The molecule has 3 heteroatoms. The van der Waals surface area contributed by atoms with Crippen LogP contribution >= 0.6 is 0 Å². The number of rotatable bonds is 2. The predicted octanol–water partition coefficient (Wildman–Crippen LogP) is 5.00. The van der Waals surface area contributed by atoms with Gasteiger partial charge in [-0.2, -0.15) is 0 Å². The Kier molecular flexibility index (Phi) is 5.51. The Morgan fingerprint density at radius 2 is 1.78 bits per heavy atom. The van der Waals surface area contributed by atoms with Crippen LogP contribution in [0.3, 0.4) is 0 Å². The van der Waals surface area contributed by atoms with Crippen molar-refractivity contribution in [2.45, 2.75) is 64.6 Å². The van der Waals surface area contributed by atoms with Gasteiger partial charge in [-0.15, -0.1) is 0 Å². The molecule has 0 radical (unpaired) electrons. The molecule has 0 atom stereocenters. The summed E-state index contributed by atoms with van der Waals surface area (Å²) in [6.07, 6.45) is 10.9. The average Bonchev–Trinajstić information content (AvgIpc) is 2.25. The van der Waals surface area contributed by atoms with Gasteiger partial charge in [0, 0.05) is 0 Å². The van der Waals surface area contributed by atoms with E-state index in [1.165, 1.54) is 6.42 Å². The molecule has 0 N–H and O–H groups in total. The Labute approximate surface area is 113 Å². The Hall–Kier alpha value is -0.703. The smallest absolute Gasteiger partial charge is 0.261 e. The second-order valence-electron chi connectivity index (χ2n) is 6.42. The van der Waals surface area contributed by atoms with E-state index in [2.05, 4.69) is 52.1 Å². The van der Waals surface area contributed by atoms with Crippen LogP contribution < -0.4 is 0 Å². The fourth-order valence-electron chi connectivity index (χ4n) is 1.45. The average molecular weight is 268 g/mol. The zero-order valence-electron chi connectivity index (χ0n) is 12.6. The van der Waals surface area contributed by atoms with Crippen LogP contribution in [0.5, 0.6) is 0 Å². The van der Waals surface area contributed by atoms with Gasteiger partial charge in [0.05, 0.1) is 6.61 Å². The van der Waals surface area contributed by atoms with Crippen LogP contribution in [0.1, 0.15) is 46.5 Å². The van der Waals surface area contributed by atoms with E-state index < -0.39 is 8.32 Å². The number of ether oxygens (including phenoxy) is 1. The molecule has 18 heavy (non-hydrogen) atoms. The zero-order valence-corrected chi connectivity index (χ0v) is 13.6. The molecule has 0 unspecified atom stereocenters. The first-order valence-electron chi connectivity index (χ1n) is 7.00. The lowest BCUT2D eigenvalue weighted by atomic mass is 10.2. The molecule has 0 aromatic rings. The van der Waals surface area contributed by atoms with Crippen molar-refractivity contribution in [3.05, 3.63) is 24.2 Å². The first kappa shape index (κ1) is 15.4. The lowest BCUT2D eigenvalue weighted by Crippen LogP contribution is -2.40. The third-order valence-electron chi connectivity index (χ3n) is 3.74. The van der Waals surface area contributed by atoms with Gasteiger partial charge in [-0.3, -0.25) is 0 Å². The summed E-state index contributed by atoms with van der Waals surface area (Å²) in [5.41, 5.74) is 0. The van der Waals surface area contributed by atoms with E-state index in [1.54, 1.807) is 0 Å². The van der Waals surface area contributed by atoms with Crippen molar-refractivity contribution in [1.29, 1.82) is 0 Å². The third-order valence-corrected chi connectivity index (χ3v) is 8.07. The van der Waals surface area contributed by atoms with Crippen molar-refractivity contribution in [2.24, 2.45) is 0 Å². The molecule has 2 nitrogen and oxygen atoms in total. The fraction of sp³-hybridized carbons (Fsp3) is 0.733. The molecule has 0 aromatic carbocycles. The van der Waals surface area contributed by atoms with E-state index in [-0.39, 0.29) is 5.04 Å². The lowest BCUT2D eigenvalue weighted by Gasteiger charge is -2.36. The molecule has 0 fully saturated rings. The molecular weight excluding hydrogens is 240 g/mol. The van der Waals surface area contributed by atoms with Gasteiger partial charge in [0.15, 0.2) is 0 Å². The van der Waals surface area contributed by atoms with Crippen LogP contribution in [0.4, 0.5) is 0 Å². The fourth-order valence-corrected chi connectivity index (χ4v) is 2.40. The Balaban J connectivity index is 2.65. The molecule has 0 amide bonds. The van der Waals surface area contributed by atoms with E-state index in [0.29, 0.717) is 0 Å². The minimum Gasteiger partial charge on any atom is -0.519 e. The van der Waals surface area contributed by atoms with Crippen molar-refractivity contribution in [3.8, 4) is 0 Å². The summed E-state index contributed by atoms with van der Waals surface area (Å²) in [7, 11) is -1.77. The van der Waals surface area contributed by atoms with Gasteiger partial charge < -0.3 is 9.16 Å². The molecule has 104 valence electrons. The molecular formula is C15H28O2Si. The molecule has 0 aromatic heterocycles. The third kappa shape index (κ3) is 4.89. The van der Waals surface area contributed by atoms with Gasteiger partial charge in [0.2, 0.25) is 0 Å². The van der Waals surface area contributed by atoms with Crippen molar-refractivity contribution in [1.82, 2.24) is 0 Å². The van der Waals surface area contributed by atoms with Crippen molar-refractivity contribution in [2.75, 3.05) is 6.61 Å². The summed E-state index contributed by atoms with van der Waals surface area (Å²) in [5.74, 6) is 0.761. The second-order valence-corrected chi connectivity index (χ2v) is 11.1. The lowest BCUT2D eigenvalue weighted by molar-refractivity contribution is 0.0996. The molecule has 0 saturated heterocycles. The highest BCUT2D eigenvalue weighted by Gasteiger charge is 2.39. The van der Waals surface area contributed by atoms with Gasteiger partial charge in [-0.1, -0.05) is 32.9 Å². The van der Waals surface area contributed by atoms with Crippen LogP contribution in [0.2, 0.25) is 18.1 Å². The van der Waals surface area contributed by atoms with Gasteiger partial charge in [-0.25, -0.2) is 0 Å². The summed E-state index contributed by atoms with van der Waals surface area (Å²) in [6, 6.07) is 0. The summed E-state index contributed by atoms with van der Waals surface area (Å²) >= 11 is 0. The molecule has 1 aliphatic rings. The highest BCUT2D eigenvalue weighted by molar-refractivity contribution is 6.74. The van der Waals surface area contributed by atoms with Crippen molar-refractivity contribution >= 4 is 8.32 Å². The molecule has 0 spiro atoms. The SMILES string of the molecule is CC(C)(C)[Si](C)(C)O/C1=C/CCC/C=C\CCO1. The monoisotopic (exact) mass is 268 g/mol. The topological polar surface area (TPSA) is 18.5 Å². The van der Waals surface area contributed by atoms with E-state index >= 15 is 0 Å². The Bertz CT molecular complexity index is 311. The normalized spacial score (nSPS) is 23.5. The molecule has 0 saturated carbocycles. The Morgan fingerprint density at radius 1 is 1.11 bits per heavy atom. The summed E-state index contributed by atoms with van der Waals surface area (Å²) in [6.45, 7) is 12.0. The first-order valence-corrected chi connectivity index (χ1v) is 9.91. The molecule has 0 aliphatic carbocycles. The van der Waals surface area contributed by atoms with E-state index in [1.807, 2.05) is 0 Å². The highest BCUT2D eigenvalue weighted by atomic mass is 28.4. The second kappa shape index (κ2) is 6.46. The Morgan fingerprint density at radius 3 is 2.44 bits per heavy atom. The molecule has 1 aliphatic heterocycles. The predicted molar refractivity (Wildman–Crippen MR) is 79.9 cm³/mol. The maximum Gasteiger partial charge on any atom is 0.261 e. The van der Waals surface area contributed by atoms with Gasteiger partial charge in [-0.05, 0) is 49.9 Å². The highest BCUT2D eigenvalue weighted by Crippen LogP contribution is 2.38. The van der Waals surface area contributed by atoms with Crippen LogP contribution in [0.25, 0.3) is 0 Å². The maximum atomic E-state index is 6.23. The number of hydrogen-bond donors (Lipinski definition) is 0. The van der Waals surface area contributed by atoms with Crippen molar-refractivity contribution in [3.63, 3.8) is 0 Å². The number of allylic oxidation sites excluding steroid dienone is 2. The summed E-state index contributed by atoms with van der Waals surface area (Å²) < 4.78 is 12.0. The zero-order chi connectivity index (χ0) is 13.6. The van der Waals surface area contributed by atoms with Crippen LogP contribution in [0.15, 0.2) is 24.2 Å². The number of hydrogen-bond acceptors (Lipinski definition) is 2. The van der Waals surface area contributed by atoms with E-state index in [9.17, 15) is 0 Å². The minimum atomic E-state index is -1.77. The maximum absolute atomic E-state index is 6.23. The van der Waals surface area contributed by atoms with Gasteiger partial charge in [0.25, 0.3) is 14.3 Å². The van der Waals surface area contributed by atoms with Crippen LogP contribution in [-0.4, -0.2) is 14.9 Å². The van der Waals surface area contributed by atoms with E-state index in [0.717, 1.165) is 31.8 Å². The van der Waals surface area contributed by atoms with Gasteiger partial charge in [0.1, 0.15) is 0 Å². The van der Waals surface area contributed by atoms with Crippen molar-refractivity contribution < 1.29 is 9.16 Å². The molecule has 1 rings (SSSR count). The van der Waals surface area contributed by atoms with E-state index in [4.69, 9.17) is 9.16 Å². The summed E-state index contributed by atoms with van der Waals surface area (Å²) in [5, 5.41) is 0.215. The van der Waals surface area contributed by atoms with Crippen LogP contribution in [-0.2, 0) is 9.16 Å². The quantitative estimate of drug-likeness (QED) is 0.518. The molecule has 1 heterocycles. The minimum absolute atomic E-state index is 0.215. The van der Waals surface area contributed by atoms with Gasteiger partial charge >= 0.3 is 0 Å². The largest absolute Gasteiger partial charge is 0.519 e. The van der Waals surface area contributed by atoms with Crippen LogP contribution in [0, 0.1) is 0 Å². The first-order chi connectivity index (χ1) is 8.33.